The minimum absolute atomic E-state index is 0. The molecule has 29 heavy (non-hydrogen) atoms. The first-order valence-corrected chi connectivity index (χ1v) is 9.17. The highest BCUT2D eigenvalue weighted by Gasteiger charge is 2.39. The number of alkyl carbamates (subject to hydrolysis) is 1. The van der Waals surface area contributed by atoms with Gasteiger partial charge in [-0.1, -0.05) is 31.8 Å². The number of carbonyl (C=O) groups excluding carboxylic acids is 4. The number of hydrogen-bond donors (Lipinski definition) is 3. The van der Waals surface area contributed by atoms with Crippen LogP contribution in [0, 0.1) is 0 Å². The Bertz CT molecular complexity index is 857. The molecule has 2 aliphatic rings. The zero-order valence-electron chi connectivity index (χ0n) is 15.2. The summed E-state index contributed by atoms with van der Waals surface area (Å²) in [6, 6.07) is 4.56. The number of fused-ring (bicyclic) bond motifs is 1. The summed E-state index contributed by atoms with van der Waals surface area (Å²) < 4.78 is 5.13. The third kappa shape index (κ3) is 5.08. The molecule has 1 unspecified atom stereocenters. The topological polar surface area (TPSA) is 117 Å². The van der Waals surface area contributed by atoms with Gasteiger partial charge in [0.2, 0.25) is 11.8 Å². The smallest absolute Gasteiger partial charge is 0.407 e. The van der Waals surface area contributed by atoms with Crippen molar-refractivity contribution < 1.29 is 23.9 Å². The second-order valence-electron chi connectivity index (χ2n) is 6.49. The van der Waals surface area contributed by atoms with Gasteiger partial charge in [-0.2, -0.15) is 0 Å². The molecule has 3 rings (SSSR count). The first-order chi connectivity index (χ1) is 13.4. The number of carbonyl (C=O) groups is 4. The van der Waals surface area contributed by atoms with E-state index >= 15 is 0 Å². The normalized spacial score (nSPS) is 17.8. The lowest BCUT2D eigenvalue weighted by Gasteiger charge is -2.29. The third-order valence-corrected chi connectivity index (χ3v) is 4.98. The summed E-state index contributed by atoms with van der Waals surface area (Å²) in [7, 11) is 1.66. The molecule has 0 aliphatic carbocycles. The number of piperidine rings is 1. The summed E-state index contributed by atoms with van der Waals surface area (Å²) in [6.45, 7) is 0.481. The van der Waals surface area contributed by atoms with Gasteiger partial charge in [0.1, 0.15) is 12.6 Å². The van der Waals surface area contributed by atoms with Gasteiger partial charge in [0.05, 0.1) is 11.5 Å². The van der Waals surface area contributed by atoms with E-state index in [4.69, 9.17) is 17.0 Å². The molecule has 10 heteroatoms. The monoisotopic (exact) mass is 420 g/mol. The Hall–Kier alpha value is -3.01. The summed E-state index contributed by atoms with van der Waals surface area (Å²) in [5, 5.41) is 7.52. The summed E-state index contributed by atoms with van der Waals surface area (Å²) in [6.07, 6.45) is -0.0916. The fraction of sp³-hybridized carbons (Fsp3) is 0.421. The number of ether oxygens (including phenoxy) is 1. The van der Waals surface area contributed by atoms with Gasteiger partial charge in [0.15, 0.2) is 0 Å². The number of rotatable bonds is 5. The van der Waals surface area contributed by atoms with E-state index < -0.39 is 18.0 Å². The molecular weight excluding hydrogens is 396 g/mol. The van der Waals surface area contributed by atoms with Crippen LogP contribution >= 0.6 is 12.2 Å². The number of thiocarbonyl (C=S) groups is 1. The molecular formula is C19H24N4O5S. The number of imide groups is 1. The Morgan fingerprint density at radius 3 is 2.79 bits per heavy atom. The van der Waals surface area contributed by atoms with Gasteiger partial charge in [-0.3, -0.25) is 19.7 Å². The lowest BCUT2D eigenvalue weighted by atomic mass is 10.0. The van der Waals surface area contributed by atoms with Gasteiger partial charge in [0, 0.05) is 25.6 Å². The van der Waals surface area contributed by atoms with Crippen LogP contribution in [0.1, 0.15) is 41.8 Å². The number of nitrogens with zero attached hydrogens (tertiary/aromatic N) is 1. The maximum Gasteiger partial charge on any atom is 0.407 e. The predicted molar refractivity (Wildman–Crippen MR) is 109 cm³/mol. The number of amides is 4. The number of likely N-dealkylation sites (N-methyl/N-ethyl adjacent to an activating group) is 1. The fourth-order valence-corrected chi connectivity index (χ4v) is 3.20. The van der Waals surface area contributed by atoms with Crippen LogP contribution in [-0.4, -0.2) is 53.3 Å². The van der Waals surface area contributed by atoms with Crippen LogP contribution < -0.4 is 16.0 Å². The van der Waals surface area contributed by atoms with Crippen molar-refractivity contribution in [1.29, 1.82) is 0 Å². The quantitative estimate of drug-likeness (QED) is 0.478. The molecule has 0 spiro atoms. The van der Waals surface area contributed by atoms with Crippen LogP contribution in [0.3, 0.4) is 0 Å². The fourth-order valence-electron chi connectivity index (χ4n) is 3.13. The molecule has 156 valence electrons. The van der Waals surface area contributed by atoms with Crippen LogP contribution in [0.4, 0.5) is 4.79 Å². The van der Waals surface area contributed by atoms with E-state index in [0.717, 1.165) is 5.56 Å². The predicted octanol–water partition coefficient (Wildman–Crippen LogP) is 0.857. The molecule has 0 saturated carbocycles. The Morgan fingerprint density at radius 1 is 1.34 bits per heavy atom. The van der Waals surface area contributed by atoms with Crippen molar-refractivity contribution in [3.8, 4) is 0 Å². The van der Waals surface area contributed by atoms with Gasteiger partial charge in [0.25, 0.3) is 5.91 Å². The molecule has 2 heterocycles. The van der Waals surface area contributed by atoms with Gasteiger partial charge < -0.3 is 20.3 Å². The van der Waals surface area contributed by atoms with Crippen LogP contribution in [0.2, 0.25) is 0 Å². The molecule has 0 radical (unpaired) electrons. The van der Waals surface area contributed by atoms with Crippen molar-refractivity contribution in [3.05, 3.63) is 34.9 Å². The summed E-state index contributed by atoms with van der Waals surface area (Å²) >= 11 is 4.93. The van der Waals surface area contributed by atoms with E-state index in [0.29, 0.717) is 29.1 Å². The molecule has 1 saturated heterocycles. The minimum Gasteiger partial charge on any atom is -0.445 e. The molecule has 2 aliphatic heterocycles. The number of hydrogen-bond acceptors (Lipinski definition) is 6. The molecule has 4 amide bonds. The van der Waals surface area contributed by atoms with Crippen molar-refractivity contribution in [3.63, 3.8) is 0 Å². The zero-order chi connectivity index (χ0) is 20.3. The van der Waals surface area contributed by atoms with Crippen molar-refractivity contribution >= 4 is 41.0 Å². The lowest BCUT2D eigenvalue weighted by molar-refractivity contribution is -0.136. The molecule has 1 aromatic carbocycles. The second kappa shape index (κ2) is 9.46. The minimum atomic E-state index is -0.654. The van der Waals surface area contributed by atoms with E-state index in [2.05, 4.69) is 16.0 Å². The molecule has 1 fully saturated rings. The molecule has 9 nitrogen and oxygen atoms in total. The second-order valence-corrected chi connectivity index (χ2v) is 6.99. The molecule has 1 aromatic rings. The average Bonchev–Trinajstić information content (AvgIpc) is 3.00. The molecule has 3 N–H and O–H groups in total. The lowest BCUT2D eigenvalue weighted by Crippen LogP contribution is -2.52. The molecule has 0 aromatic heterocycles. The van der Waals surface area contributed by atoms with E-state index in [1.54, 1.807) is 25.2 Å². The Morgan fingerprint density at radius 2 is 2.10 bits per heavy atom. The van der Waals surface area contributed by atoms with Crippen LogP contribution in [0.25, 0.3) is 0 Å². The highest BCUT2D eigenvalue weighted by Crippen LogP contribution is 2.28. The van der Waals surface area contributed by atoms with Crippen LogP contribution in [0.15, 0.2) is 18.2 Å². The SMILES string of the molecule is C.CNC(=S)CNC(=O)OCc1ccc2c(c1)C(=O)N(C1CCC(=O)NC1=O)C2. The third-order valence-electron chi connectivity index (χ3n) is 4.63. The van der Waals surface area contributed by atoms with Crippen molar-refractivity contribution in [2.24, 2.45) is 0 Å². The van der Waals surface area contributed by atoms with E-state index in [9.17, 15) is 19.2 Å². The Labute approximate surface area is 174 Å². The zero-order valence-corrected chi connectivity index (χ0v) is 16.1. The first kappa shape index (κ1) is 22.3. The average molecular weight is 420 g/mol. The Kier molecular flexibility index (Phi) is 7.27. The van der Waals surface area contributed by atoms with Crippen molar-refractivity contribution in [2.45, 2.75) is 39.5 Å². The molecule has 0 bridgehead atoms. The first-order valence-electron chi connectivity index (χ1n) is 8.76. The highest BCUT2D eigenvalue weighted by molar-refractivity contribution is 7.80. The van der Waals surface area contributed by atoms with E-state index in [1.807, 2.05) is 0 Å². The number of nitrogens with one attached hydrogen (secondary N) is 3. The van der Waals surface area contributed by atoms with Gasteiger partial charge in [-0.25, -0.2) is 4.79 Å². The summed E-state index contributed by atoms with van der Waals surface area (Å²) in [5.41, 5.74) is 1.92. The largest absolute Gasteiger partial charge is 0.445 e. The van der Waals surface area contributed by atoms with Crippen molar-refractivity contribution in [1.82, 2.24) is 20.9 Å². The maximum absolute atomic E-state index is 12.7. The standard InChI is InChI=1S/C18H20N4O5S.CH4/c1-19-15(28)7-20-18(26)27-9-10-2-3-11-8-22(17(25)12(11)6-10)13-4-5-14(23)21-16(13)24;/h2-3,6,13H,4-5,7-9H2,1H3,(H,19,28)(H,20,26)(H,21,23,24);1H4. The van der Waals surface area contributed by atoms with Gasteiger partial charge in [-0.05, 0) is 23.6 Å². The van der Waals surface area contributed by atoms with E-state index in [1.165, 1.54) is 4.90 Å². The van der Waals surface area contributed by atoms with Crippen molar-refractivity contribution in [2.75, 3.05) is 13.6 Å². The van der Waals surface area contributed by atoms with E-state index in [-0.39, 0.29) is 38.8 Å². The molecule has 1 atom stereocenters. The Balaban J connectivity index is 0.00000300. The van der Waals surface area contributed by atoms with Crippen LogP contribution in [-0.2, 0) is 27.5 Å². The number of benzene rings is 1. The summed E-state index contributed by atoms with van der Waals surface area (Å²) in [5.74, 6) is -1.04. The maximum atomic E-state index is 12.7. The van der Waals surface area contributed by atoms with Crippen LogP contribution in [0.5, 0.6) is 0 Å². The van der Waals surface area contributed by atoms with Gasteiger partial charge >= 0.3 is 6.09 Å². The highest BCUT2D eigenvalue weighted by atomic mass is 32.1. The summed E-state index contributed by atoms with van der Waals surface area (Å²) in [4.78, 5) is 49.8. The van der Waals surface area contributed by atoms with Gasteiger partial charge in [-0.15, -0.1) is 0 Å².